The number of benzene rings is 1. The molecule has 112 valence electrons. The molecule has 2 rings (SSSR count). The highest BCUT2D eigenvalue weighted by atomic mass is 35.5. The van der Waals surface area contributed by atoms with Crippen molar-refractivity contribution in [1.29, 1.82) is 0 Å². The number of aliphatic hydroxyl groups excluding tert-OH is 1. The minimum Gasteiger partial charge on any atom is -0.493 e. The fourth-order valence-electron chi connectivity index (χ4n) is 2.60. The smallest absolute Gasteiger partial charge is 0.166 e. The third kappa shape index (κ3) is 3.57. The summed E-state index contributed by atoms with van der Waals surface area (Å²) in [4.78, 5) is 0. The van der Waals surface area contributed by atoms with E-state index in [9.17, 15) is 5.11 Å². The summed E-state index contributed by atoms with van der Waals surface area (Å²) < 4.78 is 11.4. The number of methoxy groups -OCH3 is 1. The van der Waals surface area contributed by atoms with E-state index in [4.69, 9.17) is 26.8 Å². The van der Waals surface area contributed by atoms with Gasteiger partial charge in [0.1, 0.15) is 6.10 Å². The number of aliphatic hydroxyl groups is 1. The standard InChI is InChI=1S/C15H22ClNO3/c1-19-14-8-11(16)7-10(9-17)15(14)20-13-6-4-2-3-5-12(13)18/h7-8,12-13,18H,2-6,9,17H2,1H3. The number of nitrogens with two attached hydrogens (primary N) is 1. The van der Waals surface area contributed by atoms with Crippen LogP contribution in [0.5, 0.6) is 11.5 Å². The van der Waals surface area contributed by atoms with Crippen molar-refractivity contribution in [2.75, 3.05) is 7.11 Å². The predicted molar refractivity (Wildman–Crippen MR) is 79.4 cm³/mol. The highest BCUT2D eigenvalue weighted by Gasteiger charge is 2.25. The minimum absolute atomic E-state index is 0.210. The van der Waals surface area contributed by atoms with Crippen LogP contribution in [0, 0.1) is 0 Å². The molecular weight excluding hydrogens is 278 g/mol. The van der Waals surface area contributed by atoms with Gasteiger partial charge in [0.2, 0.25) is 0 Å². The first-order valence-electron chi connectivity index (χ1n) is 7.07. The molecule has 20 heavy (non-hydrogen) atoms. The molecule has 5 heteroatoms. The lowest BCUT2D eigenvalue weighted by Crippen LogP contribution is -2.31. The summed E-state index contributed by atoms with van der Waals surface area (Å²) in [5.41, 5.74) is 6.55. The molecule has 1 aliphatic rings. The molecule has 0 radical (unpaired) electrons. The van der Waals surface area contributed by atoms with E-state index in [-0.39, 0.29) is 6.10 Å². The lowest BCUT2D eigenvalue weighted by atomic mass is 10.1. The average molecular weight is 300 g/mol. The minimum atomic E-state index is -0.441. The van der Waals surface area contributed by atoms with Gasteiger partial charge in [0.15, 0.2) is 11.5 Å². The maximum atomic E-state index is 10.2. The van der Waals surface area contributed by atoms with Crippen LogP contribution >= 0.6 is 11.6 Å². The Balaban J connectivity index is 2.26. The molecular formula is C15H22ClNO3. The van der Waals surface area contributed by atoms with Gasteiger partial charge in [0.25, 0.3) is 0 Å². The van der Waals surface area contributed by atoms with Crippen LogP contribution in [0.4, 0.5) is 0 Å². The number of rotatable bonds is 4. The van der Waals surface area contributed by atoms with E-state index in [0.29, 0.717) is 23.1 Å². The lowest BCUT2D eigenvalue weighted by Gasteiger charge is -2.24. The van der Waals surface area contributed by atoms with E-state index in [0.717, 1.165) is 37.7 Å². The molecule has 0 aliphatic heterocycles. The molecule has 4 nitrogen and oxygen atoms in total. The van der Waals surface area contributed by atoms with E-state index >= 15 is 0 Å². The van der Waals surface area contributed by atoms with Crippen LogP contribution < -0.4 is 15.2 Å². The first-order chi connectivity index (χ1) is 9.65. The fourth-order valence-corrected chi connectivity index (χ4v) is 2.83. The van der Waals surface area contributed by atoms with Gasteiger partial charge in [-0.15, -0.1) is 0 Å². The average Bonchev–Trinajstić information content (AvgIpc) is 2.65. The van der Waals surface area contributed by atoms with Crippen LogP contribution in [0.25, 0.3) is 0 Å². The normalized spacial score (nSPS) is 23.2. The molecule has 1 aliphatic carbocycles. The Morgan fingerprint density at radius 2 is 2.05 bits per heavy atom. The van der Waals surface area contributed by atoms with Crippen molar-refractivity contribution in [1.82, 2.24) is 0 Å². The number of hydrogen-bond acceptors (Lipinski definition) is 4. The summed E-state index contributed by atoms with van der Waals surface area (Å²) in [6, 6.07) is 3.49. The Hall–Kier alpha value is -0.970. The molecule has 0 heterocycles. The Labute approximate surface area is 124 Å². The Morgan fingerprint density at radius 1 is 1.30 bits per heavy atom. The number of ether oxygens (including phenoxy) is 2. The van der Waals surface area contributed by atoms with Crippen LogP contribution in [0.2, 0.25) is 5.02 Å². The third-order valence-corrected chi connectivity index (χ3v) is 3.94. The molecule has 0 bridgehead atoms. The number of halogens is 1. The van der Waals surface area contributed by atoms with Gasteiger partial charge < -0.3 is 20.3 Å². The fraction of sp³-hybridized carbons (Fsp3) is 0.600. The van der Waals surface area contributed by atoms with Crippen molar-refractivity contribution in [3.05, 3.63) is 22.7 Å². The van der Waals surface area contributed by atoms with Crippen LogP contribution in [-0.4, -0.2) is 24.4 Å². The zero-order valence-corrected chi connectivity index (χ0v) is 12.5. The summed E-state index contributed by atoms with van der Waals surface area (Å²) in [7, 11) is 1.57. The lowest BCUT2D eigenvalue weighted by molar-refractivity contribution is 0.0300. The molecule has 2 atom stereocenters. The second-order valence-electron chi connectivity index (χ2n) is 5.16. The Morgan fingerprint density at radius 3 is 2.75 bits per heavy atom. The molecule has 0 amide bonds. The van der Waals surface area contributed by atoms with Gasteiger partial charge in [-0.2, -0.15) is 0 Å². The van der Waals surface area contributed by atoms with Crippen molar-refractivity contribution in [3.63, 3.8) is 0 Å². The largest absolute Gasteiger partial charge is 0.493 e. The summed E-state index contributed by atoms with van der Waals surface area (Å²) in [6.45, 7) is 0.315. The van der Waals surface area contributed by atoms with E-state index in [2.05, 4.69) is 0 Å². The topological polar surface area (TPSA) is 64.7 Å². The van der Waals surface area contributed by atoms with Gasteiger partial charge in [-0.3, -0.25) is 0 Å². The van der Waals surface area contributed by atoms with Crippen LogP contribution in [0.3, 0.4) is 0 Å². The zero-order chi connectivity index (χ0) is 14.5. The van der Waals surface area contributed by atoms with Crippen LogP contribution in [-0.2, 0) is 6.54 Å². The van der Waals surface area contributed by atoms with E-state index < -0.39 is 6.10 Å². The third-order valence-electron chi connectivity index (χ3n) is 3.72. The maximum Gasteiger partial charge on any atom is 0.166 e. The second-order valence-corrected chi connectivity index (χ2v) is 5.60. The first-order valence-corrected chi connectivity index (χ1v) is 7.44. The van der Waals surface area contributed by atoms with Gasteiger partial charge in [0, 0.05) is 23.2 Å². The highest BCUT2D eigenvalue weighted by molar-refractivity contribution is 6.30. The molecule has 2 unspecified atom stereocenters. The molecule has 1 aromatic rings. The van der Waals surface area contributed by atoms with Crippen molar-refractivity contribution in [3.8, 4) is 11.5 Å². The van der Waals surface area contributed by atoms with Gasteiger partial charge >= 0.3 is 0 Å². The van der Waals surface area contributed by atoms with E-state index in [1.807, 2.05) is 0 Å². The van der Waals surface area contributed by atoms with Crippen molar-refractivity contribution < 1.29 is 14.6 Å². The van der Waals surface area contributed by atoms with Gasteiger partial charge in [-0.1, -0.05) is 24.4 Å². The van der Waals surface area contributed by atoms with Crippen LogP contribution in [0.15, 0.2) is 12.1 Å². The Kier molecular flexibility index (Phi) is 5.52. The monoisotopic (exact) mass is 299 g/mol. The van der Waals surface area contributed by atoms with Gasteiger partial charge in [0.05, 0.1) is 13.2 Å². The molecule has 0 saturated heterocycles. The molecule has 0 aromatic heterocycles. The maximum absolute atomic E-state index is 10.2. The number of hydrogen-bond donors (Lipinski definition) is 2. The summed E-state index contributed by atoms with van der Waals surface area (Å²) >= 11 is 6.04. The van der Waals surface area contributed by atoms with Crippen molar-refractivity contribution in [2.24, 2.45) is 5.73 Å². The summed E-state index contributed by atoms with van der Waals surface area (Å²) in [6.07, 6.45) is 4.22. The molecule has 0 spiro atoms. The molecule has 1 saturated carbocycles. The van der Waals surface area contributed by atoms with Crippen LogP contribution in [0.1, 0.15) is 37.7 Å². The molecule has 1 fully saturated rings. The zero-order valence-electron chi connectivity index (χ0n) is 11.8. The quantitative estimate of drug-likeness (QED) is 0.839. The van der Waals surface area contributed by atoms with E-state index in [1.54, 1.807) is 19.2 Å². The Bertz CT molecular complexity index is 428. The second kappa shape index (κ2) is 7.16. The SMILES string of the molecule is COc1cc(Cl)cc(CN)c1OC1CCCCCC1O. The van der Waals surface area contributed by atoms with Crippen molar-refractivity contribution in [2.45, 2.75) is 50.9 Å². The first kappa shape index (κ1) is 15.4. The van der Waals surface area contributed by atoms with Gasteiger partial charge in [-0.25, -0.2) is 0 Å². The summed E-state index contributed by atoms with van der Waals surface area (Å²) in [5.74, 6) is 1.17. The molecule has 3 N–H and O–H groups in total. The van der Waals surface area contributed by atoms with Crippen molar-refractivity contribution >= 4 is 11.6 Å². The predicted octanol–water partition coefficient (Wildman–Crippen LogP) is 2.88. The van der Waals surface area contributed by atoms with Gasteiger partial charge in [-0.05, 0) is 25.3 Å². The summed E-state index contributed by atoms with van der Waals surface area (Å²) in [5, 5.41) is 10.7. The molecule has 1 aromatic carbocycles. The highest BCUT2D eigenvalue weighted by Crippen LogP contribution is 2.36. The van der Waals surface area contributed by atoms with E-state index in [1.165, 1.54) is 0 Å².